The van der Waals surface area contributed by atoms with Crippen LogP contribution in [0.1, 0.15) is 40.5 Å². The number of nitrogens with two attached hydrogens (primary N) is 1. The summed E-state index contributed by atoms with van der Waals surface area (Å²) in [6, 6.07) is 0. The van der Waals surface area contributed by atoms with Crippen molar-refractivity contribution in [3.8, 4) is 0 Å². The maximum absolute atomic E-state index is 14.5. The van der Waals surface area contributed by atoms with E-state index in [0.717, 1.165) is 6.08 Å². The fraction of sp³-hybridized carbons (Fsp3) is 0.733. The Labute approximate surface area is 135 Å². The molecule has 1 amide bonds. The van der Waals surface area contributed by atoms with Crippen LogP contribution in [0, 0.1) is 0 Å². The van der Waals surface area contributed by atoms with Crippen molar-refractivity contribution in [2.24, 2.45) is 5.73 Å². The normalized spacial score (nSPS) is 25.0. The van der Waals surface area contributed by atoms with Crippen LogP contribution in [0.3, 0.4) is 0 Å². The second-order valence-corrected chi connectivity index (χ2v) is 6.18. The van der Waals surface area contributed by atoms with Gasteiger partial charge in [-0.25, -0.2) is 9.18 Å². The molecule has 1 aliphatic heterocycles. The Morgan fingerprint density at radius 2 is 2.17 bits per heavy atom. The molecule has 7 nitrogen and oxygen atoms in total. The van der Waals surface area contributed by atoms with Gasteiger partial charge in [0.25, 0.3) is 0 Å². The number of carbonyl (C=O) groups is 2. The smallest absolute Gasteiger partial charge is 0.338 e. The van der Waals surface area contributed by atoms with Crippen LogP contribution in [0.4, 0.5) is 4.39 Å². The van der Waals surface area contributed by atoms with E-state index in [9.17, 15) is 14.0 Å². The summed E-state index contributed by atoms with van der Waals surface area (Å²) in [4.78, 5) is 22.5. The fourth-order valence-corrected chi connectivity index (χ4v) is 2.17. The van der Waals surface area contributed by atoms with Gasteiger partial charge in [0.15, 0.2) is 12.2 Å². The monoisotopic (exact) mass is 332 g/mol. The van der Waals surface area contributed by atoms with Crippen LogP contribution in [0.25, 0.3) is 0 Å². The minimum atomic E-state index is -2.07. The number of alkyl halides is 1. The Morgan fingerprint density at radius 3 is 2.74 bits per heavy atom. The van der Waals surface area contributed by atoms with Gasteiger partial charge in [-0.05, 0) is 34.1 Å². The van der Waals surface area contributed by atoms with Gasteiger partial charge in [-0.3, -0.25) is 4.79 Å². The number of halogens is 1. The van der Waals surface area contributed by atoms with Crippen LogP contribution < -0.4 is 11.1 Å². The molecule has 0 aliphatic carbocycles. The first-order valence-corrected chi connectivity index (χ1v) is 7.48. The number of ether oxygens (including phenoxy) is 3. The summed E-state index contributed by atoms with van der Waals surface area (Å²) in [6.45, 7) is 6.20. The average molecular weight is 332 g/mol. The number of hydrogen-bond donors (Lipinski definition) is 2. The molecule has 0 spiro atoms. The van der Waals surface area contributed by atoms with Gasteiger partial charge in [0.05, 0.1) is 6.10 Å². The molecule has 1 fully saturated rings. The lowest BCUT2D eigenvalue weighted by atomic mass is 10.1. The number of rotatable bonds is 8. The Kier molecular flexibility index (Phi) is 6.52. The second-order valence-electron chi connectivity index (χ2n) is 6.18. The molecule has 0 aromatic rings. The SMILES string of the molecule is CC(C)OC(C)(C)C(=O)OC[C@]1(F)CC[C@H](N/C=C\C(N)=O)O1. The van der Waals surface area contributed by atoms with E-state index in [-0.39, 0.29) is 12.5 Å². The van der Waals surface area contributed by atoms with Crippen LogP contribution in [0.15, 0.2) is 12.3 Å². The van der Waals surface area contributed by atoms with Crippen molar-refractivity contribution >= 4 is 11.9 Å². The largest absolute Gasteiger partial charge is 0.457 e. The summed E-state index contributed by atoms with van der Waals surface area (Å²) >= 11 is 0. The van der Waals surface area contributed by atoms with E-state index in [1.165, 1.54) is 6.20 Å². The van der Waals surface area contributed by atoms with Gasteiger partial charge in [-0.2, -0.15) is 0 Å². The van der Waals surface area contributed by atoms with Gasteiger partial charge in [-0.15, -0.1) is 0 Å². The molecule has 0 aromatic heterocycles. The number of carbonyl (C=O) groups excluding carboxylic acids is 2. The Morgan fingerprint density at radius 1 is 1.52 bits per heavy atom. The first-order chi connectivity index (χ1) is 10.5. The molecule has 0 bridgehead atoms. The minimum Gasteiger partial charge on any atom is -0.457 e. The predicted molar refractivity (Wildman–Crippen MR) is 80.7 cm³/mol. The topological polar surface area (TPSA) is 99.9 Å². The van der Waals surface area contributed by atoms with Crippen LogP contribution in [-0.2, 0) is 23.8 Å². The quantitative estimate of drug-likeness (QED) is 0.510. The third-order valence-corrected chi connectivity index (χ3v) is 3.10. The van der Waals surface area contributed by atoms with Gasteiger partial charge in [0, 0.05) is 18.7 Å². The minimum absolute atomic E-state index is 0.0633. The van der Waals surface area contributed by atoms with Gasteiger partial charge in [-0.1, -0.05) is 0 Å². The van der Waals surface area contributed by atoms with Crippen molar-refractivity contribution in [3.05, 3.63) is 12.3 Å². The first-order valence-electron chi connectivity index (χ1n) is 7.48. The average Bonchev–Trinajstić information content (AvgIpc) is 2.76. The summed E-state index contributed by atoms with van der Waals surface area (Å²) in [5, 5.41) is 2.70. The van der Waals surface area contributed by atoms with Gasteiger partial charge in [0.2, 0.25) is 11.8 Å². The summed E-state index contributed by atoms with van der Waals surface area (Å²) < 4.78 is 30.1. The van der Waals surface area contributed by atoms with Crippen LogP contribution in [0.2, 0.25) is 0 Å². The van der Waals surface area contributed by atoms with E-state index in [4.69, 9.17) is 19.9 Å². The first kappa shape index (κ1) is 19.4. The standard InChI is InChI=1S/C15H25FN2O5/c1-10(2)22-14(3,4)13(20)21-9-15(16)7-5-12(23-15)18-8-6-11(17)19/h6,8,10,12,18H,5,7,9H2,1-4H3,(H2,17,19)/b8-6-/t12-,15+/m1/s1. The van der Waals surface area contributed by atoms with E-state index in [0.29, 0.717) is 6.42 Å². The van der Waals surface area contributed by atoms with Crippen LogP contribution >= 0.6 is 0 Å². The van der Waals surface area contributed by atoms with Crippen molar-refractivity contribution in [1.29, 1.82) is 0 Å². The Bertz CT molecular complexity index is 467. The summed E-state index contributed by atoms with van der Waals surface area (Å²) in [5.41, 5.74) is 3.77. The number of nitrogens with one attached hydrogen (secondary N) is 1. The van der Waals surface area contributed by atoms with Crippen LogP contribution in [0.5, 0.6) is 0 Å². The highest BCUT2D eigenvalue weighted by molar-refractivity contribution is 5.85. The molecule has 8 heteroatoms. The second kappa shape index (κ2) is 7.74. The molecule has 0 saturated carbocycles. The molecule has 0 aromatic carbocycles. The molecule has 1 rings (SSSR count). The van der Waals surface area contributed by atoms with E-state index < -0.39 is 36.2 Å². The number of amides is 1. The highest BCUT2D eigenvalue weighted by Gasteiger charge is 2.43. The van der Waals surface area contributed by atoms with Gasteiger partial charge < -0.3 is 25.3 Å². The molecular weight excluding hydrogens is 307 g/mol. The summed E-state index contributed by atoms with van der Waals surface area (Å²) in [5.74, 6) is -3.35. The molecule has 0 unspecified atom stereocenters. The van der Waals surface area contributed by atoms with Crippen molar-refractivity contribution in [1.82, 2.24) is 5.32 Å². The van der Waals surface area contributed by atoms with Crippen molar-refractivity contribution in [2.45, 2.75) is 64.3 Å². The number of primary amides is 1. The van der Waals surface area contributed by atoms with Crippen molar-refractivity contribution < 1.29 is 28.2 Å². The zero-order chi connectivity index (χ0) is 17.7. The highest BCUT2D eigenvalue weighted by atomic mass is 19.2. The molecule has 3 N–H and O–H groups in total. The predicted octanol–water partition coefficient (Wildman–Crippen LogP) is 1.12. The summed E-state index contributed by atoms with van der Waals surface area (Å²) in [7, 11) is 0. The third kappa shape index (κ3) is 6.54. The molecule has 1 aliphatic rings. The fourth-order valence-electron chi connectivity index (χ4n) is 2.17. The molecule has 2 atom stereocenters. The Hall–Kier alpha value is -1.67. The summed E-state index contributed by atoms with van der Waals surface area (Å²) in [6.07, 6.45) is 2.05. The van der Waals surface area contributed by atoms with E-state index >= 15 is 0 Å². The third-order valence-electron chi connectivity index (χ3n) is 3.10. The molecule has 23 heavy (non-hydrogen) atoms. The van der Waals surface area contributed by atoms with Crippen molar-refractivity contribution in [3.63, 3.8) is 0 Å². The van der Waals surface area contributed by atoms with Crippen LogP contribution in [-0.4, -0.2) is 42.3 Å². The lowest BCUT2D eigenvalue weighted by molar-refractivity contribution is -0.201. The molecule has 1 saturated heterocycles. The molecular formula is C15H25FN2O5. The molecule has 132 valence electrons. The highest BCUT2D eigenvalue weighted by Crippen LogP contribution is 2.31. The number of hydrogen-bond acceptors (Lipinski definition) is 6. The van der Waals surface area contributed by atoms with Gasteiger partial charge in [0.1, 0.15) is 6.23 Å². The maximum atomic E-state index is 14.5. The van der Waals surface area contributed by atoms with E-state index in [1.807, 2.05) is 0 Å². The lowest BCUT2D eigenvalue weighted by Gasteiger charge is -2.27. The van der Waals surface area contributed by atoms with E-state index in [1.54, 1.807) is 27.7 Å². The zero-order valence-corrected chi connectivity index (χ0v) is 13.9. The number of esters is 1. The maximum Gasteiger partial charge on any atom is 0.338 e. The van der Waals surface area contributed by atoms with Gasteiger partial charge >= 0.3 is 5.97 Å². The lowest BCUT2D eigenvalue weighted by Crippen LogP contribution is -2.42. The zero-order valence-electron chi connectivity index (χ0n) is 13.9. The Balaban J connectivity index is 2.45. The molecule has 1 heterocycles. The van der Waals surface area contributed by atoms with E-state index in [2.05, 4.69) is 5.32 Å². The molecule has 0 radical (unpaired) electrons. The van der Waals surface area contributed by atoms with Crippen molar-refractivity contribution in [2.75, 3.05) is 6.61 Å².